The number of methoxy groups -OCH3 is 1. The van der Waals surface area contributed by atoms with E-state index < -0.39 is 6.61 Å². The number of carbonyl (C=O) groups excluding carboxylic acids is 1. The minimum absolute atomic E-state index is 0.0237. The molecule has 0 radical (unpaired) electrons. The number of benzene rings is 2. The second kappa shape index (κ2) is 8.89. The molecule has 30 heavy (non-hydrogen) atoms. The van der Waals surface area contributed by atoms with Crippen LogP contribution < -0.4 is 14.8 Å². The van der Waals surface area contributed by atoms with Gasteiger partial charge in [0, 0.05) is 23.0 Å². The molecular formula is C21H20F3N3O3. The van der Waals surface area contributed by atoms with Gasteiger partial charge in [0.15, 0.2) is 11.5 Å². The van der Waals surface area contributed by atoms with E-state index in [1.165, 1.54) is 37.4 Å². The van der Waals surface area contributed by atoms with Crippen LogP contribution in [0.25, 0.3) is 5.69 Å². The summed E-state index contributed by atoms with van der Waals surface area (Å²) in [5.74, 6) is -0.759. The first-order valence-corrected chi connectivity index (χ1v) is 9.02. The van der Waals surface area contributed by atoms with Crippen LogP contribution in [0.3, 0.4) is 0 Å². The number of aromatic nitrogens is 2. The van der Waals surface area contributed by atoms with Gasteiger partial charge in [0.25, 0.3) is 0 Å². The molecule has 0 spiro atoms. The molecule has 0 aliphatic heterocycles. The minimum Gasteiger partial charge on any atom is -0.493 e. The molecule has 158 valence electrons. The van der Waals surface area contributed by atoms with Crippen LogP contribution in [0.4, 0.5) is 18.9 Å². The van der Waals surface area contributed by atoms with Crippen LogP contribution in [-0.2, 0) is 11.2 Å². The van der Waals surface area contributed by atoms with Gasteiger partial charge in [-0.2, -0.15) is 13.9 Å². The summed E-state index contributed by atoms with van der Waals surface area (Å²) >= 11 is 0. The quantitative estimate of drug-likeness (QED) is 0.616. The van der Waals surface area contributed by atoms with Crippen molar-refractivity contribution in [2.45, 2.75) is 26.9 Å². The number of ether oxygens (including phenoxy) is 2. The highest BCUT2D eigenvalue weighted by molar-refractivity contribution is 5.92. The highest BCUT2D eigenvalue weighted by atomic mass is 19.3. The Morgan fingerprint density at radius 1 is 1.13 bits per heavy atom. The fraction of sp³-hybridized carbons (Fsp3) is 0.238. The predicted molar refractivity (Wildman–Crippen MR) is 105 cm³/mol. The van der Waals surface area contributed by atoms with Crippen molar-refractivity contribution >= 4 is 11.6 Å². The van der Waals surface area contributed by atoms with Crippen molar-refractivity contribution in [2.75, 3.05) is 12.4 Å². The number of halogens is 3. The van der Waals surface area contributed by atoms with Gasteiger partial charge >= 0.3 is 6.61 Å². The van der Waals surface area contributed by atoms with Gasteiger partial charge in [0.05, 0.1) is 24.9 Å². The summed E-state index contributed by atoms with van der Waals surface area (Å²) in [6.07, 6.45) is 0.0237. The predicted octanol–water partition coefficient (Wildman–Crippen LogP) is 4.42. The molecule has 3 rings (SSSR count). The molecule has 9 heteroatoms. The summed E-state index contributed by atoms with van der Waals surface area (Å²) in [4.78, 5) is 12.5. The summed E-state index contributed by atoms with van der Waals surface area (Å²) in [6, 6.07) is 10.1. The maximum Gasteiger partial charge on any atom is 0.387 e. The smallest absolute Gasteiger partial charge is 0.387 e. The van der Waals surface area contributed by atoms with E-state index in [0.29, 0.717) is 11.4 Å². The lowest BCUT2D eigenvalue weighted by Crippen LogP contribution is -2.15. The van der Waals surface area contributed by atoms with Crippen LogP contribution in [-0.4, -0.2) is 29.4 Å². The fourth-order valence-corrected chi connectivity index (χ4v) is 3.07. The van der Waals surface area contributed by atoms with Gasteiger partial charge in [-0.15, -0.1) is 0 Å². The Bertz CT molecular complexity index is 1050. The number of hydrogen-bond donors (Lipinski definition) is 1. The van der Waals surface area contributed by atoms with Crippen molar-refractivity contribution < 1.29 is 27.4 Å². The Morgan fingerprint density at radius 3 is 2.47 bits per heavy atom. The molecule has 0 unspecified atom stereocenters. The summed E-state index contributed by atoms with van der Waals surface area (Å²) in [7, 11) is 1.33. The van der Waals surface area contributed by atoms with Crippen molar-refractivity contribution in [2.24, 2.45) is 0 Å². The molecule has 0 saturated heterocycles. The zero-order chi connectivity index (χ0) is 21.8. The Hall–Kier alpha value is -3.49. The highest BCUT2D eigenvalue weighted by Gasteiger charge is 2.17. The van der Waals surface area contributed by atoms with Crippen LogP contribution in [0.5, 0.6) is 11.5 Å². The maximum absolute atomic E-state index is 13.2. The van der Waals surface area contributed by atoms with Crippen molar-refractivity contribution in [3.63, 3.8) is 0 Å². The Morgan fingerprint density at radius 2 is 1.83 bits per heavy atom. The van der Waals surface area contributed by atoms with Crippen molar-refractivity contribution in [3.05, 3.63) is 65.2 Å². The monoisotopic (exact) mass is 419 g/mol. The van der Waals surface area contributed by atoms with Gasteiger partial charge < -0.3 is 14.8 Å². The Labute approximate surface area is 171 Å². The number of rotatable bonds is 7. The number of nitrogens with zero attached hydrogens (tertiary/aromatic N) is 2. The van der Waals surface area contributed by atoms with Gasteiger partial charge in [-0.05, 0) is 50.2 Å². The number of anilines is 1. The SMILES string of the molecule is COc1ccc(NC(=O)Cc2c(C)nn(-c3ccc(F)cc3)c2C)cc1OC(F)F. The summed E-state index contributed by atoms with van der Waals surface area (Å²) in [5, 5.41) is 7.09. The Balaban J connectivity index is 1.78. The lowest BCUT2D eigenvalue weighted by molar-refractivity contribution is -0.115. The second-order valence-corrected chi connectivity index (χ2v) is 6.51. The molecule has 2 aromatic carbocycles. The van der Waals surface area contributed by atoms with Crippen LogP contribution in [0, 0.1) is 19.7 Å². The molecule has 0 aliphatic carbocycles. The van der Waals surface area contributed by atoms with E-state index in [9.17, 15) is 18.0 Å². The van der Waals surface area contributed by atoms with Crippen molar-refractivity contribution in [1.29, 1.82) is 0 Å². The van der Waals surface area contributed by atoms with Gasteiger partial charge in [0.1, 0.15) is 5.82 Å². The molecule has 0 aliphatic rings. The topological polar surface area (TPSA) is 65.4 Å². The van der Waals surface area contributed by atoms with E-state index in [2.05, 4.69) is 15.2 Å². The first kappa shape index (κ1) is 21.2. The first-order valence-electron chi connectivity index (χ1n) is 9.02. The van der Waals surface area contributed by atoms with Crippen LogP contribution in [0.1, 0.15) is 17.0 Å². The maximum atomic E-state index is 13.2. The number of amides is 1. The van der Waals surface area contributed by atoms with Crippen molar-refractivity contribution in [1.82, 2.24) is 9.78 Å². The third-order valence-electron chi connectivity index (χ3n) is 4.51. The summed E-state index contributed by atoms with van der Waals surface area (Å²) < 4.78 is 49.4. The third-order valence-corrected chi connectivity index (χ3v) is 4.51. The average Bonchev–Trinajstić information content (AvgIpc) is 2.96. The van der Waals surface area contributed by atoms with Crippen LogP contribution in [0.2, 0.25) is 0 Å². The molecule has 1 amide bonds. The van der Waals surface area contributed by atoms with E-state index in [-0.39, 0.29) is 35.3 Å². The van der Waals surface area contributed by atoms with E-state index in [0.717, 1.165) is 11.3 Å². The lowest BCUT2D eigenvalue weighted by atomic mass is 10.1. The number of carbonyl (C=O) groups is 1. The molecule has 0 bridgehead atoms. The summed E-state index contributed by atoms with van der Waals surface area (Å²) in [6.45, 7) is 0.568. The molecule has 6 nitrogen and oxygen atoms in total. The standard InChI is InChI=1S/C21H20F3N3O3/c1-12-17(13(2)27(26-12)16-7-4-14(22)5-8-16)11-20(28)25-15-6-9-18(29-3)19(10-15)30-21(23)24/h4-10,21H,11H2,1-3H3,(H,25,28). The molecule has 0 fully saturated rings. The highest BCUT2D eigenvalue weighted by Crippen LogP contribution is 2.31. The fourth-order valence-electron chi connectivity index (χ4n) is 3.07. The van der Waals surface area contributed by atoms with E-state index in [1.807, 2.05) is 6.92 Å². The summed E-state index contributed by atoms with van der Waals surface area (Å²) in [5.41, 5.74) is 3.08. The molecule has 1 N–H and O–H groups in total. The zero-order valence-corrected chi connectivity index (χ0v) is 16.6. The van der Waals surface area contributed by atoms with Crippen molar-refractivity contribution in [3.8, 4) is 17.2 Å². The van der Waals surface area contributed by atoms with Gasteiger partial charge in [0.2, 0.25) is 5.91 Å². The Kier molecular flexibility index (Phi) is 6.29. The van der Waals surface area contributed by atoms with E-state index in [4.69, 9.17) is 4.74 Å². The van der Waals surface area contributed by atoms with Crippen LogP contribution in [0.15, 0.2) is 42.5 Å². The largest absolute Gasteiger partial charge is 0.493 e. The van der Waals surface area contributed by atoms with Gasteiger partial charge in [-0.1, -0.05) is 0 Å². The van der Waals surface area contributed by atoms with Gasteiger partial charge in [-0.3, -0.25) is 4.79 Å². The van der Waals surface area contributed by atoms with Crippen LogP contribution >= 0.6 is 0 Å². The normalized spacial score (nSPS) is 10.9. The lowest BCUT2D eigenvalue weighted by Gasteiger charge is -2.12. The molecule has 3 aromatic rings. The van der Waals surface area contributed by atoms with E-state index in [1.54, 1.807) is 23.7 Å². The molecule has 1 aromatic heterocycles. The van der Waals surface area contributed by atoms with Gasteiger partial charge in [-0.25, -0.2) is 9.07 Å². The third kappa shape index (κ3) is 4.73. The number of nitrogens with one attached hydrogen (secondary N) is 1. The molecule has 0 atom stereocenters. The van der Waals surface area contributed by atoms with E-state index >= 15 is 0 Å². The number of alkyl halides is 2. The number of hydrogen-bond acceptors (Lipinski definition) is 4. The minimum atomic E-state index is -3.02. The molecule has 0 saturated carbocycles. The zero-order valence-electron chi connectivity index (χ0n) is 16.6. The molecular weight excluding hydrogens is 399 g/mol. The molecule has 1 heterocycles. The average molecular weight is 419 g/mol. The first-order chi connectivity index (χ1) is 14.3. The number of aryl methyl sites for hydroxylation is 1. The second-order valence-electron chi connectivity index (χ2n) is 6.51.